The highest BCUT2D eigenvalue weighted by Gasteiger charge is 2.39. The number of halogens is 1. The van der Waals surface area contributed by atoms with Gasteiger partial charge in [-0.3, -0.25) is 0 Å². The zero-order chi connectivity index (χ0) is 26.3. The van der Waals surface area contributed by atoms with Crippen LogP contribution >= 0.6 is 11.6 Å². The van der Waals surface area contributed by atoms with Crippen molar-refractivity contribution < 1.29 is 8.85 Å². The summed E-state index contributed by atoms with van der Waals surface area (Å²) < 4.78 is 12.9. The van der Waals surface area contributed by atoms with Gasteiger partial charge in [0.2, 0.25) is 0 Å². The molecule has 2 nitrogen and oxygen atoms in total. The van der Waals surface area contributed by atoms with Crippen LogP contribution in [0.3, 0.4) is 0 Å². The molecule has 0 radical (unpaired) electrons. The van der Waals surface area contributed by atoms with E-state index in [0.29, 0.717) is 11.8 Å². The molecule has 0 aromatic heterocycles. The van der Waals surface area contributed by atoms with Crippen LogP contribution in [0, 0.1) is 0 Å². The molecule has 4 heteroatoms. The van der Waals surface area contributed by atoms with E-state index in [0.717, 1.165) is 31.7 Å². The van der Waals surface area contributed by atoms with Gasteiger partial charge in [-0.05, 0) is 49.4 Å². The molecule has 0 aliphatic rings. The number of rotatable bonds is 25. The maximum atomic E-state index is 6.44. The molecule has 1 unspecified atom stereocenters. The van der Waals surface area contributed by atoms with E-state index >= 15 is 0 Å². The van der Waals surface area contributed by atoms with Gasteiger partial charge >= 0.3 is 8.56 Å². The summed E-state index contributed by atoms with van der Waals surface area (Å²) in [7, 11) is -2.23. The average Bonchev–Trinajstić information content (AvgIpc) is 2.88. The summed E-state index contributed by atoms with van der Waals surface area (Å²) in [5, 5.41) is 0. The van der Waals surface area contributed by atoms with Crippen molar-refractivity contribution in [2.75, 3.05) is 13.2 Å². The van der Waals surface area contributed by atoms with E-state index in [1.165, 1.54) is 107 Å². The van der Waals surface area contributed by atoms with Crippen LogP contribution in [0.15, 0.2) is 24.3 Å². The van der Waals surface area contributed by atoms with Crippen molar-refractivity contribution >= 4 is 20.2 Å². The average molecular weight is 539 g/mol. The molecule has 0 bridgehead atoms. The van der Waals surface area contributed by atoms with Crippen LogP contribution in [0.5, 0.6) is 0 Å². The fourth-order valence-corrected chi connectivity index (χ4v) is 9.74. The number of hydrogen-bond acceptors (Lipinski definition) is 2. The molecule has 0 N–H and O–H groups in total. The highest BCUT2D eigenvalue weighted by atomic mass is 35.5. The quantitative estimate of drug-likeness (QED) is 0.0699. The van der Waals surface area contributed by atoms with Crippen LogP contribution in [-0.2, 0) is 14.7 Å². The molecule has 210 valence electrons. The summed E-state index contributed by atoms with van der Waals surface area (Å²) in [4.78, 5) is 0. The van der Waals surface area contributed by atoms with E-state index in [1.807, 2.05) is 0 Å². The van der Waals surface area contributed by atoms with Crippen LogP contribution in [0.2, 0.25) is 12.1 Å². The molecule has 0 heterocycles. The Morgan fingerprint density at radius 3 is 1.64 bits per heavy atom. The van der Waals surface area contributed by atoms with Gasteiger partial charge in [0, 0.05) is 19.1 Å². The molecule has 1 aromatic rings. The van der Waals surface area contributed by atoms with Crippen molar-refractivity contribution in [3.05, 3.63) is 35.4 Å². The van der Waals surface area contributed by atoms with E-state index in [9.17, 15) is 0 Å². The standard InChI is InChI=1S/C32H59ClO2Si/c1-5-9-10-11-12-13-14-15-16-17-18-19-20-21-25-31(32-26-23-22-24-30(32)28-33)29-36(27-6-2,34-7-3)35-8-4/h22-24,26,31H,5-21,25,27-29H2,1-4H3. The molecule has 1 atom stereocenters. The van der Waals surface area contributed by atoms with Crippen LogP contribution in [0.25, 0.3) is 0 Å². The Balaban J connectivity index is 2.49. The molecule has 0 amide bonds. The zero-order valence-electron chi connectivity index (χ0n) is 24.4. The zero-order valence-corrected chi connectivity index (χ0v) is 26.2. The van der Waals surface area contributed by atoms with Crippen LogP contribution < -0.4 is 0 Å². The fraction of sp³-hybridized carbons (Fsp3) is 0.812. The lowest BCUT2D eigenvalue weighted by Gasteiger charge is -2.34. The van der Waals surface area contributed by atoms with Crippen molar-refractivity contribution in [2.45, 2.75) is 154 Å². The van der Waals surface area contributed by atoms with Crippen molar-refractivity contribution in [3.63, 3.8) is 0 Å². The number of alkyl halides is 1. The molecule has 0 fully saturated rings. The van der Waals surface area contributed by atoms with Crippen molar-refractivity contribution in [3.8, 4) is 0 Å². The normalized spacial score (nSPS) is 12.8. The summed E-state index contributed by atoms with van der Waals surface area (Å²) in [6, 6.07) is 10.9. The minimum Gasteiger partial charge on any atom is -0.394 e. The Labute approximate surface area is 231 Å². The maximum absolute atomic E-state index is 6.44. The Kier molecular flexibility index (Phi) is 21.2. The molecule has 0 aliphatic carbocycles. The summed E-state index contributed by atoms with van der Waals surface area (Å²) in [5.41, 5.74) is 2.71. The Morgan fingerprint density at radius 1 is 0.667 bits per heavy atom. The van der Waals surface area contributed by atoms with Gasteiger partial charge in [-0.2, -0.15) is 0 Å². The molecule has 1 aromatic carbocycles. The third-order valence-electron chi connectivity index (χ3n) is 7.55. The van der Waals surface area contributed by atoms with Crippen molar-refractivity contribution in [1.29, 1.82) is 0 Å². The summed E-state index contributed by atoms with van der Waals surface area (Å²) in [5.74, 6) is 1.06. The van der Waals surface area contributed by atoms with Crippen LogP contribution in [0.4, 0.5) is 0 Å². The van der Waals surface area contributed by atoms with E-state index in [4.69, 9.17) is 20.5 Å². The Hall–Kier alpha value is -0.353. The first-order chi connectivity index (χ1) is 17.7. The molecular weight excluding hydrogens is 480 g/mol. The topological polar surface area (TPSA) is 18.5 Å². The Bertz CT molecular complexity index is 607. The summed E-state index contributed by atoms with van der Waals surface area (Å²) in [6.07, 6.45) is 22.0. The highest BCUT2D eigenvalue weighted by Crippen LogP contribution is 2.37. The minimum atomic E-state index is -2.23. The number of hydrogen-bond donors (Lipinski definition) is 0. The molecular formula is C32H59ClO2Si. The predicted molar refractivity (Wildman–Crippen MR) is 163 cm³/mol. The first-order valence-corrected chi connectivity index (χ1v) is 18.3. The fourth-order valence-electron chi connectivity index (χ4n) is 5.70. The monoisotopic (exact) mass is 538 g/mol. The second kappa shape index (κ2) is 22.6. The SMILES string of the molecule is CCCCCCCCCCCCCCCCC(C[Si](CCC)(OCC)OCC)c1ccccc1CCl. The van der Waals surface area contributed by atoms with E-state index in [1.54, 1.807) is 0 Å². The molecule has 0 spiro atoms. The molecule has 0 saturated carbocycles. The largest absolute Gasteiger partial charge is 0.394 e. The second-order valence-electron chi connectivity index (χ2n) is 10.6. The van der Waals surface area contributed by atoms with E-state index in [-0.39, 0.29) is 0 Å². The second-order valence-corrected chi connectivity index (χ2v) is 14.2. The van der Waals surface area contributed by atoms with Gasteiger partial charge in [0.25, 0.3) is 0 Å². The van der Waals surface area contributed by atoms with Gasteiger partial charge in [-0.25, -0.2) is 0 Å². The lowest BCUT2D eigenvalue weighted by atomic mass is 9.91. The lowest BCUT2D eigenvalue weighted by molar-refractivity contribution is 0.179. The maximum Gasteiger partial charge on any atom is 0.338 e. The van der Waals surface area contributed by atoms with Gasteiger partial charge in [0.15, 0.2) is 0 Å². The van der Waals surface area contributed by atoms with Crippen molar-refractivity contribution in [2.24, 2.45) is 0 Å². The number of benzene rings is 1. The first-order valence-electron chi connectivity index (χ1n) is 15.6. The van der Waals surface area contributed by atoms with E-state index < -0.39 is 8.56 Å². The molecule has 1 rings (SSSR count). The van der Waals surface area contributed by atoms with Crippen molar-refractivity contribution in [1.82, 2.24) is 0 Å². The van der Waals surface area contributed by atoms with Gasteiger partial charge < -0.3 is 8.85 Å². The van der Waals surface area contributed by atoms with E-state index in [2.05, 4.69) is 52.0 Å². The van der Waals surface area contributed by atoms with Gasteiger partial charge in [-0.1, -0.05) is 134 Å². The third-order valence-corrected chi connectivity index (χ3v) is 11.8. The predicted octanol–water partition coefficient (Wildman–Crippen LogP) is 11.3. The summed E-state index contributed by atoms with van der Waals surface area (Å²) in [6.45, 7) is 10.3. The first kappa shape index (κ1) is 33.7. The van der Waals surface area contributed by atoms with Crippen LogP contribution in [0.1, 0.15) is 147 Å². The number of unbranched alkanes of at least 4 members (excludes halogenated alkanes) is 13. The smallest absolute Gasteiger partial charge is 0.338 e. The van der Waals surface area contributed by atoms with Crippen LogP contribution in [-0.4, -0.2) is 21.8 Å². The molecule has 36 heavy (non-hydrogen) atoms. The third kappa shape index (κ3) is 14.5. The molecule has 0 aliphatic heterocycles. The summed E-state index contributed by atoms with van der Waals surface area (Å²) >= 11 is 6.37. The lowest BCUT2D eigenvalue weighted by Crippen LogP contribution is -2.43. The van der Waals surface area contributed by atoms with Gasteiger partial charge in [0.05, 0.1) is 0 Å². The Morgan fingerprint density at radius 2 is 1.17 bits per heavy atom. The van der Waals surface area contributed by atoms with Gasteiger partial charge in [-0.15, -0.1) is 11.6 Å². The molecule has 0 saturated heterocycles. The highest BCUT2D eigenvalue weighted by molar-refractivity contribution is 6.67. The minimum absolute atomic E-state index is 0.480. The van der Waals surface area contributed by atoms with Gasteiger partial charge in [0.1, 0.15) is 0 Å².